The number of tetrazole rings is 1. The van der Waals surface area contributed by atoms with Crippen molar-refractivity contribution in [2.75, 3.05) is 0 Å². The zero-order valence-electron chi connectivity index (χ0n) is 20.2. The summed E-state index contributed by atoms with van der Waals surface area (Å²) in [6.07, 6.45) is 10.5. The average Bonchev–Trinajstić information content (AvgIpc) is 3.59. The summed E-state index contributed by atoms with van der Waals surface area (Å²) in [5.41, 5.74) is 3.54. The van der Waals surface area contributed by atoms with E-state index in [1.807, 2.05) is 48.5 Å². The molecule has 0 saturated heterocycles. The lowest BCUT2D eigenvalue weighted by molar-refractivity contribution is 0.0768. The standard InChI is InChI=1S/C27H29N7O2/c1-2-3-5-19-8-14-22(15-9-19)26(35)34-27(36)33(18-28-34)17-20-10-12-21(13-11-20)23-6-4-7-24(16-23)25-29-31-32-30-25/h3-7,10-13,16,18-19,22H,2,8-9,14-15,17H2,1H3,(H,29,30,31,32). The zero-order chi connectivity index (χ0) is 24.9. The molecule has 0 atom stereocenters. The Balaban J connectivity index is 1.25. The third-order valence-electron chi connectivity index (χ3n) is 6.83. The molecule has 36 heavy (non-hydrogen) atoms. The molecule has 1 aliphatic carbocycles. The Labute approximate surface area is 208 Å². The number of H-pyrrole nitrogens is 1. The number of allylic oxidation sites excluding steroid dienone is 2. The van der Waals surface area contributed by atoms with Gasteiger partial charge in [-0.3, -0.25) is 9.36 Å². The molecule has 1 saturated carbocycles. The second-order valence-electron chi connectivity index (χ2n) is 9.27. The number of carbonyl (C=O) groups excluding carboxylic acids is 1. The van der Waals surface area contributed by atoms with Crippen molar-refractivity contribution >= 4 is 5.91 Å². The molecular formula is C27H29N7O2. The summed E-state index contributed by atoms with van der Waals surface area (Å²) in [5.74, 6) is 0.822. The molecule has 0 radical (unpaired) electrons. The fourth-order valence-corrected chi connectivity index (χ4v) is 4.78. The Morgan fingerprint density at radius 3 is 2.56 bits per heavy atom. The Morgan fingerprint density at radius 2 is 1.83 bits per heavy atom. The van der Waals surface area contributed by atoms with Gasteiger partial charge in [-0.25, -0.2) is 9.89 Å². The number of rotatable bonds is 7. The molecule has 0 unspecified atom stereocenters. The number of nitrogens with zero attached hydrogens (tertiary/aromatic N) is 6. The van der Waals surface area contributed by atoms with E-state index in [2.05, 4.69) is 44.8 Å². The van der Waals surface area contributed by atoms with E-state index in [4.69, 9.17) is 0 Å². The molecule has 0 amide bonds. The van der Waals surface area contributed by atoms with Crippen LogP contribution in [0, 0.1) is 11.8 Å². The molecule has 4 aromatic rings. The van der Waals surface area contributed by atoms with Crippen LogP contribution in [0.2, 0.25) is 0 Å². The van der Waals surface area contributed by atoms with Crippen molar-refractivity contribution in [3.63, 3.8) is 0 Å². The lowest BCUT2D eigenvalue weighted by Crippen LogP contribution is -2.35. The van der Waals surface area contributed by atoms with Gasteiger partial charge >= 0.3 is 5.69 Å². The van der Waals surface area contributed by atoms with Gasteiger partial charge in [-0.2, -0.15) is 5.10 Å². The van der Waals surface area contributed by atoms with Crippen molar-refractivity contribution in [1.29, 1.82) is 0 Å². The maximum Gasteiger partial charge on any atom is 0.353 e. The van der Waals surface area contributed by atoms with Crippen LogP contribution in [0.1, 0.15) is 49.4 Å². The Kier molecular flexibility index (Phi) is 6.97. The van der Waals surface area contributed by atoms with E-state index in [9.17, 15) is 9.59 Å². The van der Waals surface area contributed by atoms with Gasteiger partial charge in [-0.1, -0.05) is 61.5 Å². The van der Waals surface area contributed by atoms with Crippen molar-refractivity contribution < 1.29 is 4.79 Å². The number of hydrogen-bond donors (Lipinski definition) is 1. The summed E-state index contributed by atoms with van der Waals surface area (Å²) < 4.78 is 2.53. The quantitative estimate of drug-likeness (QED) is 0.391. The molecule has 0 spiro atoms. The highest BCUT2D eigenvalue weighted by molar-refractivity contribution is 5.80. The molecule has 0 aliphatic heterocycles. The Hall–Kier alpha value is -4.14. The molecule has 1 aliphatic rings. The lowest BCUT2D eigenvalue weighted by atomic mass is 9.81. The molecular weight excluding hydrogens is 454 g/mol. The van der Waals surface area contributed by atoms with E-state index in [1.54, 1.807) is 0 Å². The van der Waals surface area contributed by atoms with Crippen LogP contribution in [-0.2, 0) is 6.54 Å². The van der Waals surface area contributed by atoms with E-state index < -0.39 is 0 Å². The minimum Gasteiger partial charge on any atom is -0.277 e. The predicted octanol–water partition coefficient (Wildman–Crippen LogP) is 4.35. The second kappa shape index (κ2) is 10.6. The van der Waals surface area contributed by atoms with Crippen LogP contribution in [0.5, 0.6) is 0 Å². The first kappa shape index (κ1) is 23.6. The topological polar surface area (TPSA) is 111 Å². The van der Waals surface area contributed by atoms with Crippen LogP contribution in [0.15, 0.2) is 71.8 Å². The number of hydrogen-bond acceptors (Lipinski definition) is 6. The van der Waals surface area contributed by atoms with Crippen LogP contribution >= 0.6 is 0 Å². The van der Waals surface area contributed by atoms with Gasteiger partial charge in [0.25, 0.3) is 5.91 Å². The molecule has 184 valence electrons. The highest BCUT2D eigenvalue weighted by Gasteiger charge is 2.28. The van der Waals surface area contributed by atoms with Gasteiger partial charge in [-0.05, 0) is 71.2 Å². The van der Waals surface area contributed by atoms with Crippen molar-refractivity contribution in [2.24, 2.45) is 11.8 Å². The molecule has 2 aromatic carbocycles. The third-order valence-corrected chi connectivity index (χ3v) is 6.83. The van der Waals surface area contributed by atoms with Gasteiger partial charge in [0.1, 0.15) is 6.33 Å². The largest absolute Gasteiger partial charge is 0.353 e. The maximum atomic E-state index is 13.0. The normalized spacial score (nSPS) is 18.0. The van der Waals surface area contributed by atoms with Crippen LogP contribution < -0.4 is 5.69 Å². The minimum absolute atomic E-state index is 0.139. The molecule has 2 aromatic heterocycles. The summed E-state index contributed by atoms with van der Waals surface area (Å²) in [6, 6.07) is 15.9. The number of benzene rings is 2. The zero-order valence-corrected chi connectivity index (χ0v) is 20.2. The molecule has 5 rings (SSSR count). The molecule has 1 N–H and O–H groups in total. The average molecular weight is 484 g/mol. The van der Waals surface area contributed by atoms with E-state index in [0.717, 1.165) is 59.0 Å². The van der Waals surface area contributed by atoms with Gasteiger partial charge in [0.2, 0.25) is 0 Å². The fourth-order valence-electron chi connectivity index (χ4n) is 4.78. The highest BCUT2D eigenvalue weighted by atomic mass is 16.2. The van der Waals surface area contributed by atoms with Crippen LogP contribution in [-0.4, -0.2) is 40.9 Å². The van der Waals surface area contributed by atoms with Crippen LogP contribution in [0.4, 0.5) is 0 Å². The van der Waals surface area contributed by atoms with E-state index >= 15 is 0 Å². The Bertz CT molecular complexity index is 1390. The van der Waals surface area contributed by atoms with Crippen LogP contribution in [0.25, 0.3) is 22.5 Å². The molecule has 9 heteroatoms. The predicted molar refractivity (Wildman–Crippen MR) is 136 cm³/mol. The molecule has 9 nitrogen and oxygen atoms in total. The third kappa shape index (κ3) is 5.10. The van der Waals surface area contributed by atoms with Crippen LogP contribution in [0.3, 0.4) is 0 Å². The van der Waals surface area contributed by atoms with Crippen molar-refractivity contribution in [2.45, 2.75) is 45.6 Å². The molecule has 2 heterocycles. The molecule has 1 fully saturated rings. The van der Waals surface area contributed by atoms with Gasteiger partial charge in [0.05, 0.1) is 6.54 Å². The van der Waals surface area contributed by atoms with Gasteiger partial charge < -0.3 is 0 Å². The first-order valence-electron chi connectivity index (χ1n) is 12.4. The van der Waals surface area contributed by atoms with Gasteiger partial charge in [0.15, 0.2) is 5.82 Å². The van der Waals surface area contributed by atoms with Crippen molar-refractivity contribution in [3.05, 3.63) is 83.1 Å². The van der Waals surface area contributed by atoms with E-state index in [1.165, 1.54) is 10.9 Å². The SMILES string of the molecule is CCC=CC1CCC(C(=O)n2ncn(Cc3ccc(-c4cccc(-c5nnn[nH]5)c4)cc3)c2=O)CC1. The number of nitrogens with one attached hydrogen (secondary N) is 1. The highest BCUT2D eigenvalue weighted by Crippen LogP contribution is 2.30. The van der Waals surface area contributed by atoms with Crippen molar-refractivity contribution in [1.82, 2.24) is 35.0 Å². The van der Waals surface area contributed by atoms with Crippen molar-refractivity contribution in [3.8, 4) is 22.5 Å². The molecule has 0 bridgehead atoms. The van der Waals surface area contributed by atoms with E-state index in [0.29, 0.717) is 18.3 Å². The summed E-state index contributed by atoms with van der Waals surface area (Å²) >= 11 is 0. The number of aromatic nitrogens is 7. The first-order chi connectivity index (χ1) is 17.6. The lowest BCUT2D eigenvalue weighted by Gasteiger charge is -2.25. The maximum absolute atomic E-state index is 13.0. The minimum atomic E-state index is -0.384. The summed E-state index contributed by atoms with van der Waals surface area (Å²) in [5, 5.41) is 18.1. The summed E-state index contributed by atoms with van der Waals surface area (Å²) in [7, 11) is 0. The number of carbonyl (C=O) groups is 1. The Morgan fingerprint density at radius 1 is 1.06 bits per heavy atom. The fraction of sp³-hybridized carbons (Fsp3) is 0.333. The van der Waals surface area contributed by atoms with Gasteiger partial charge in [0, 0.05) is 11.5 Å². The summed E-state index contributed by atoms with van der Waals surface area (Å²) in [6.45, 7) is 2.48. The van der Waals surface area contributed by atoms with Gasteiger partial charge in [-0.15, -0.1) is 9.78 Å². The second-order valence-corrected chi connectivity index (χ2v) is 9.27. The summed E-state index contributed by atoms with van der Waals surface area (Å²) in [4.78, 5) is 25.9. The number of aromatic amines is 1. The smallest absolute Gasteiger partial charge is 0.277 e. The monoisotopic (exact) mass is 483 g/mol. The first-order valence-corrected chi connectivity index (χ1v) is 12.4. The van der Waals surface area contributed by atoms with E-state index in [-0.39, 0.29) is 17.5 Å².